The van der Waals surface area contributed by atoms with E-state index >= 15 is 0 Å². The first-order chi connectivity index (χ1) is 17.4. The highest BCUT2D eigenvalue weighted by Gasteiger charge is 2.30. The molecule has 37 heavy (non-hydrogen) atoms. The fraction of sp³-hybridized carbons (Fsp3) is 0.385. The molecule has 0 bridgehead atoms. The third-order valence-electron chi connectivity index (χ3n) is 5.57. The normalized spacial score (nSPS) is 11.6. The van der Waals surface area contributed by atoms with Gasteiger partial charge in [0.05, 0.1) is 17.5 Å². The molecule has 0 atom stereocenters. The fourth-order valence-corrected chi connectivity index (χ4v) is 4.70. The van der Waals surface area contributed by atoms with Gasteiger partial charge in [0.15, 0.2) is 6.61 Å². The number of carbonyl (C=O) groups excluding carboxylic acids is 3. The number of amides is 2. The fourth-order valence-electron chi connectivity index (χ4n) is 4.23. The van der Waals surface area contributed by atoms with Crippen molar-refractivity contribution < 1.29 is 27.5 Å². The smallest absolute Gasteiger partial charge is 0.289 e. The van der Waals surface area contributed by atoms with Gasteiger partial charge in [0, 0.05) is 18.3 Å². The molecule has 0 spiro atoms. The lowest BCUT2D eigenvalue weighted by Gasteiger charge is -2.12. The minimum Gasteiger partial charge on any atom is -0.466 e. The highest BCUT2D eigenvalue weighted by Crippen LogP contribution is 2.34. The zero-order chi connectivity index (χ0) is 27.3. The van der Waals surface area contributed by atoms with Crippen molar-refractivity contribution >= 4 is 33.1 Å². The molecule has 11 heteroatoms. The number of rotatable bonds is 12. The molecule has 0 fully saturated rings. The summed E-state index contributed by atoms with van der Waals surface area (Å²) in [5, 5.41) is 0. The molecule has 2 heterocycles. The highest BCUT2D eigenvalue weighted by molar-refractivity contribution is 7.89. The molecule has 0 saturated heterocycles. The number of hydrogen-bond donors (Lipinski definition) is 2. The van der Waals surface area contributed by atoms with E-state index in [2.05, 4.69) is 4.98 Å². The number of hydrogen-bond acceptors (Lipinski definition) is 7. The Labute approximate surface area is 216 Å². The summed E-state index contributed by atoms with van der Waals surface area (Å²) in [5.41, 5.74) is 8.83. The second-order valence-corrected chi connectivity index (χ2v) is 11.1. The number of nitrogens with two attached hydrogens (primary N) is 1. The second-order valence-electron chi connectivity index (χ2n) is 9.35. The molecule has 2 aromatic heterocycles. The number of primary amides is 1. The Bertz CT molecular complexity index is 1430. The summed E-state index contributed by atoms with van der Waals surface area (Å²) in [6.45, 7) is 5.33. The zero-order valence-corrected chi connectivity index (χ0v) is 22.2. The first kappa shape index (κ1) is 27.9. The van der Waals surface area contributed by atoms with Crippen molar-refractivity contribution in [2.24, 2.45) is 11.7 Å². The third-order valence-corrected chi connectivity index (χ3v) is 6.17. The lowest BCUT2D eigenvalue weighted by molar-refractivity contribution is -0.121. The molecule has 3 N–H and O–H groups in total. The average Bonchev–Trinajstić information content (AvgIpc) is 3.09. The second kappa shape index (κ2) is 11.5. The number of ether oxygens (including phenoxy) is 1. The van der Waals surface area contributed by atoms with Crippen molar-refractivity contribution in [3.63, 3.8) is 0 Å². The Morgan fingerprint density at radius 3 is 2.41 bits per heavy atom. The predicted octanol–water partition coefficient (Wildman–Crippen LogP) is 2.20. The van der Waals surface area contributed by atoms with Crippen LogP contribution in [0.25, 0.3) is 5.52 Å². The Hall–Kier alpha value is -3.73. The minimum atomic E-state index is -3.79. The van der Waals surface area contributed by atoms with Crippen molar-refractivity contribution in [1.82, 2.24) is 14.1 Å². The SMILES string of the molecule is CCCc1cn2c(Cc3ccccc3)c(CC(C)C)c(C(=O)C(N)=O)c2c(OCC(=O)NS(C)(=O)=O)n1. The summed E-state index contributed by atoms with van der Waals surface area (Å²) in [6, 6.07) is 9.68. The van der Waals surface area contributed by atoms with Gasteiger partial charge in [-0.2, -0.15) is 0 Å². The van der Waals surface area contributed by atoms with E-state index in [4.69, 9.17) is 10.5 Å². The zero-order valence-electron chi connectivity index (χ0n) is 21.4. The largest absolute Gasteiger partial charge is 0.466 e. The third kappa shape index (κ3) is 6.94. The Kier molecular flexibility index (Phi) is 8.69. The van der Waals surface area contributed by atoms with Crippen LogP contribution in [-0.4, -0.2) is 48.3 Å². The molecule has 2 amide bonds. The number of nitrogens with zero attached hydrogens (tertiary/aromatic N) is 2. The first-order valence-electron chi connectivity index (χ1n) is 12.0. The number of ketones is 1. The summed E-state index contributed by atoms with van der Waals surface area (Å²) in [4.78, 5) is 42.0. The number of benzene rings is 1. The van der Waals surface area contributed by atoms with E-state index in [1.807, 2.05) is 62.0 Å². The van der Waals surface area contributed by atoms with Crippen LogP contribution in [0.3, 0.4) is 0 Å². The van der Waals surface area contributed by atoms with Crippen LogP contribution in [0.4, 0.5) is 0 Å². The summed E-state index contributed by atoms with van der Waals surface area (Å²) < 4.78 is 32.2. The van der Waals surface area contributed by atoms with E-state index in [-0.39, 0.29) is 22.9 Å². The maximum atomic E-state index is 13.2. The van der Waals surface area contributed by atoms with Gasteiger partial charge in [0.2, 0.25) is 15.9 Å². The van der Waals surface area contributed by atoms with Gasteiger partial charge in [-0.15, -0.1) is 0 Å². The molecule has 0 unspecified atom stereocenters. The van der Waals surface area contributed by atoms with Gasteiger partial charge in [-0.25, -0.2) is 13.4 Å². The van der Waals surface area contributed by atoms with E-state index in [0.717, 1.165) is 23.9 Å². The van der Waals surface area contributed by atoms with Crippen LogP contribution >= 0.6 is 0 Å². The van der Waals surface area contributed by atoms with Crippen LogP contribution < -0.4 is 15.2 Å². The molecule has 0 aliphatic heterocycles. The van der Waals surface area contributed by atoms with Crippen molar-refractivity contribution in [3.8, 4) is 5.88 Å². The molecule has 10 nitrogen and oxygen atoms in total. The number of sulfonamides is 1. The van der Waals surface area contributed by atoms with Gasteiger partial charge >= 0.3 is 0 Å². The van der Waals surface area contributed by atoms with Crippen molar-refractivity contribution in [3.05, 3.63) is 64.6 Å². The van der Waals surface area contributed by atoms with Crippen LogP contribution in [0.2, 0.25) is 0 Å². The summed E-state index contributed by atoms with van der Waals surface area (Å²) in [6.07, 6.45) is 4.96. The number of fused-ring (bicyclic) bond motifs is 1. The molecule has 0 saturated carbocycles. The van der Waals surface area contributed by atoms with E-state index in [1.54, 1.807) is 4.40 Å². The van der Waals surface area contributed by atoms with Gasteiger partial charge in [0.25, 0.3) is 17.6 Å². The van der Waals surface area contributed by atoms with E-state index < -0.39 is 34.2 Å². The van der Waals surface area contributed by atoms with Crippen LogP contribution in [0.5, 0.6) is 5.88 Å². The van der Waals surface area contributed by atoms with Gasteiger partial charge < -0.3 is 14.9 Å². The number of Topliss-reactive ketones (excluding diaryl/α,β-unsaturated/α-hetero) is 1. The molecule has 0 aliphatic rings. The number of nitrogens with one attached hydrogen (secondary N) is 1. The maximum absolute atomic E-state index is 13.2. The minimum absolute atomic E-state index is 0.0523. The molecule has 198 valence electrons. The highest BCUT2D eigenvalue weighted by atomic mass is 32.2. The summed E-state index contributed by atoms with van der Waals surface area (Å²) in [5.74, 6) is -2.82. The first-order valence-corrected chi connectivity index (χ1v) is 13.9. The van der Waals surface area contributed by atoms with Crippen LogP contribution in [0.15, 0.2) is 36.5 Å². The number of aryl methyl sites for hydroxylation is 1. The van der Waals surface area contributed by atoms with Gasteiger partial charge in [0.1, 0.15) is 5.52 Å². The Balaban J connectivity index is 2.31. The molecule has 0 radical (unpaired) electrons. The van der Waals surface area contributed by atoms with Gasteiger partial charge in [-0.1, -0.05) is 57.5 Å². The Morgan fingerprint density at radius 1 is 1.16 bits per heavy atom. The topological polar surface area (TPSA) is 150 Å². The monoisotopic (exact) mass is 528 g/mol. The predicted molar refractivity (Wildman–Crippen MR) is 139 cm³/mol. The van der Waals surface area contributed by atoms with Gasteiger partial charge in [-0.3, -0.25) is 19.1 Å². The lowest BCUT2D eigenvalue weighted by Crippen LogP contribution is -2.33. The standard InChI is InChI=1S/C26H32N4O6S/c1-5-9-18-14-30-20(13-17-10-7-6-8-11-17)19(12-16(2)3)22(24(32)25(27)33)23(30)26(28-18)36-15-21(31)29-37(4,34)35/h6-8,10-11,14,16H,5,9,12-13,15H2,1-4H3,(H2,27,33)(H,29,31). The van der Waals surface area contributed by atoms with E-state index in [1.165, 1.54) is 0 Å². The quantitative estimate of drug-likeness (QED) is 0.270. The summed E-state index contributed by atoms with van der Waals surface area (Å²) >= 11 is 0. The average molecular weight is 529 g/mol. The van der Waals surface area contributed by atoms with Crippen molar-refractivity contribution in [2.75, 3.05) is 12.9 Å². The molecule has 0 aliphatic carbocycles. The molecule has 3 aromatic rings. The van der Waals surface area contributed by atoms with E-state index in [0.29, 0.717) is 30.5 Å². The lowest BCUT2D eigenvalue weighted by atomic mass is 9.94. The van der Waals surface area contributed by atoms with Crippen LogP contribution in [0.1, 0.15) is 60.1 Å². The Morgan fingerprint density at radius 2 is 1.84 bits per heavy atom. The van der Waals surface area contributed by atoms with Gasteiger partial charge in [-0.05, 0) is 29.9 Å². The number of carbonyl (C=O) groups is 3. The van der Waals surface area contributed by atoms with Crippen molar-refractivity contribution in [1.29, 1.82) is 0 Å². The molecular weight excluding hydrogens is 496 g/mol. The van der Waals surface area contributed by atoms with Crippen LogP contribution in [0, 0.1) is 5.92 Å². The van der Waals surface area contributed by atoms with Crippen molar-refractivity contribution in [2.45, 2.75) is 46.5 Å². The number of aromatic nitrogens is 2. The maximum Gasteiger partial charge on any atom is 0.289 e. The molecule has 3 rings (SSSR count). The van der Waals surface area contributed by atoms with Crippen LogP contribution in [-0.2, 0) is 38.9 Å². The molecular formula is C26H32N4O6S. The summed E-state index contributed by atoms with van der Waals surface area (Å²) in [7, 11) is -3.79. The molecule has 1 aromatic carbocycles. The van der Waals surface area contributed by atoms with E-state index in [9.17, 15) is 22.8 Å².